The van der Waals surface area contributed by atoms with Crippen LogP contribution in [0.1, 0.15) is 5.56 Å². The number of anilines is 1. The number of hydrogen-bond acceptors (Lipinski definition) is 3. The van der Waals surface area contributed by atoms with E-state index in [2.05, 4.69) is 4.98 Å². The molecule has 0 aromatic carbocycles. The molecule has 0 bridgehead atoms. The van der Waals surface area contributed by atoms with Crippen LogP contribution in [-0.4, -0.2) is 30.4 Å². The zero-order valence-corrected chi connectivity index (χ0v) is 8.24. The van der Waals surface area contributed by atoms with E-state index in [-0.39, 0.29) is 13.1 Å². The van der Waals surface area contributed by atoms with E-state index >= 15 is 0 Å². The summed E-state index contributed by atoms with van der Waals surface area (Å²) in [7, 11) is 0. The van der Waals surface area contributed by atoms with Crippen molar-refractivity contribution < 1.29 is 8.78 Å². The Morgan fingerprint density at radius 1 is 1.40 bits per heavy atom. The van der Waals surface area contributed by atoms with Crippen molar-refractivity contribution in [3.8, 4) is 0 Å². The van der Waals surface area contributed by atoms with Gasteiger partial charge in [-0.1, -0.05) is 6.07 Å². The van der Waals surface area contributed by atoms with Crippen molar-refractivity contribution in [3.63, 3.8) is 0 Å². The Morgan fingerprint density at radius 3 is 2.67 bits per heavy atom. The molecular weight excluding hydrogens is 200 g/mol. The summed E-state index contributed by atoms with van der Waals surface area (Å²) in [5.74, 6) is 0.600. The second-order valence-corrected chi connectivity index (χ2v) is 3.63. The molecule has 0 aliphatic carbocycles. The fourth-order valence-electron chi connectivity index (χ4n) is 1.77. The molecule has 2 atom stereocenters. The van der Waals surface area contributed by atoms with Crippen LogP contribution >= 0.6 is 0 Å². The molecule has 1 fully saturated rings. The summed E-state index contributed by atoms with van der Waals surface area (Å²) in [4.78, 5) is 5.72. The third kappa shape index (κ3) is 1.92. The minimum Gasteiger partial charge on any atom is -0.350 e. The van der Waals surface area contributed by atoms with Gasteiger partial charge in [-0.15, -0.1) is 0 Å². The molecule has 0 unspecified atom stereocenters. The van der Waals surface area contributed by atoms with Crippen molar-refractivity contribution in [2.45, 2.75) is 18.9 Å². The van der Waals surface area contributed by atoms with Gasteiger partial charge in [0.2, 0.25) is 0 Å². The molecule has 82 valence electrons. The molecular formula is C10H13F2N3. The maximum Gasteiger partial charge on any atom is 0.150 e. The Hall–Kier alpha value is -1.23. The molecule has 15 heavy (non-hydrogen) atoms. The third-order valence-corrected chi connectivity index (χ3v) is 2.57. The standard InChI is InChI=1S/C10H13F2N3/c11-8-5-15(6-9(8)12)10-7(4-13)2-1-3-14-10/h1-3,8-9H,4-6,13H2/t8-,9+. The van der Waals surface area contributed by atoms with Crippen LogP contribution in [0.15, 0.2) is 18.3 Å². The van der Waals surface area contributed by atoms with E-state index in [0.717, 1.165) is 5.56 Å². The van der Waals surface area contributed by atoms with Gasteiger partial charge in [0, 0.05) is 18.3 Å². The number of halogens is 2. The van der Waals surface area contributed by atoms with Gasteiger partial charge in [-0.2, -0.15) is 0 Å². The maximum atomic E-state index is 13.0. The number of nitrogens with zero attached hydrogens (tertiary/aromatic N) is 2. The molecule has 0 saturated carbocycles. The van der Waals surface area contributed by atoms with Gasteiger partial charge in [0.25, 0.3) is 0 Å². The fraction of sp³-hybridized carbons (Fsp3) is 0.500. The second kappa shape index (κ2) is 4.10. The highest BCUT2D eigenvalue weighted by Gasteiger charge is 2.34. The molecule has 1 aromatic heterocycles. The van der Waals surface area contributed by atoms with Crippen molar-refractivity contribution >= 4 is 5.82 Å². The van der Waals surface area contributed by atoms with Crippen LogP contribution < -0.4 is 10.6 Å². The van der Waals surface area contributed by atoms with Gasteiger partial charge in [-0.3, -0.25) is 0 Å². The first-order valence-electron chi connectivity index (χ1n) is 4.89. The zero-order chi connectivity index (χ0) is 10.8. The van der Waals surface area contributed by atoms with Crippen molar-refractivity contribution in [2.75, 3.05) is 18.0 Å². The minimum absolute atomic E-state index is 0.0607. The lowest BCUT2D eigenvalue weighted by molar-refractivity contribution is 0.217. The van der Waals surface area contributed by atoms with Crippen LogP contribution in [0.25, 0.3) is 0 Å². The lowest BCUT2D eigenvalue weighted by atomic mass is 10.2. The summed E-state index contributed by atoms with van der Waals surface area (Å²) < 4.78 is 26.0. The van der Waals surface area contributed by atoms with Crippen molar-refractivity contribution in [1.29, 1.82) is 0 Å². The van der Waals surface area contributed by atoms with E-state index in [1.54, 1.807) is 17.2 Å². The maximum absolute atomic E-state index is 13.0. The summed E-state index contributed by atoms with van der Waals surface area (Å²) in [6.45, 7) is 0.448. The Kier molecular flexibility index (Phi) is 2.81. The monoisotopic (exact) mass is 213 g/mol. The summed E-state index contributed by atoms with van der Waals surface area (Å²) in [6, 6.07) is 3.59. The Bertz CT molecular complexity index is 335. The zero-order valence-electron chi connectivity index (χ0n) is 8.24. The van der Waals surface area contributed by atoms with Crippen molar-refractivity contribution in [2.24, 2.45) is 5.73 Å². The molecule has 3 nitrogen and oxygen atoms in total. The molecule has 1 saturated heterocycles. The van der Waals surface area contributed by atoms with Crippen LogP contribution in [0.4, 0.5) is 14.6 Å². The first kappa shape index (κ1) is 10.3. The number of alkyl halides is 2. The number of hydrogen-bond donors (Lipinski definition) is 1. The average Bonchev–Trinajstić information content (AvgIpc) is 2.59. The number of aromatic nitrogens is 1. The topological polar surface area (TPSA) is 42.1 Å². The largest absolute Gasteiger partial charge is 0.350 e. The van der Waals surface area contributed by atoms with Gasteiger partial charge in [-0.25, -0.2) is 13.8 Å². The fourth-order valence-corrected chi connectivity index (χ4v) is 1.77. The Balaban J connectivity index is 2.23. The predicted octanol–water partition coefficient (Wildman–Crippen LogP) is 1.04. The first-order chi connectivity index (χ1) is 7.22. The number of nitrogens with two attached hydrogens (primary N) is 1. The smallest absolute Gasteiger partial charge is 0.150 e. The molecule has 2 heterocycles. The van der Waals surface area contributed by atoms with E-state index in [4.69, 9.17) is 5.73 Å². The highest BCUT2D eigenvalue weighted by Crippen LogP contribution is 2.24. The lowest BCUT2D eigenvalue weighted by Crippen LogP contribution is -2.23. The third-order valence-electron chi connectivity index (χ3n) is 2.57. The molecule has 1 aromatic rings. The Morgan fingerprint density at radius 2 is 2.07 bits per heavy atom. The summed E-state index contributed by atoms with van der Waals surface area (Å²) >= 11 is 0. The van der Waals surface area contributed by atoms with Gasteiger partial charge in [0.15, 0.2) is 12.3 Å². The molecule has 2 rings (SSSR count). The number of pyridine rings is 1. The molecule has 0 amide bonds. The summed E-state index contributed by atoms with van der Waals surface area (Å²) in [6.07, 6.45) is -1.23. The van der Waals surface area contributed by atoms with Gasteiger partial charge in [-0.05, 0) is 6.07 Å². The van der Waals surface area contributed by atoms with Crippen LogP contribution in [-0.2, 0) is 6.54 Å². The molecule has 2 N–H and O–H groups in total. The SMILES string of the molecule is NCc1cccnc1N1C[C@@H](F)[C@@H](F)C1. The molecule has 0 radical (unpaired) electrons. The molecule has 0 spiro atoms. The predicted molar refractivity (Wildman–Crippen MR) is 54.1 cm³/mol. The number of rotatable bonds is 2. The van der Waals surface area contributed by atoms with Crippen LogP contribution in [0.3, 0.4) is 0 Å². The van der Waals surface area contributed by atoms with Crippen LogP contribution in [0, 0.1) is 0 Å². The van der Waals surface area contributed by atoms with Crippen LogP contribution in [0.2, 0.25) is 0 Å². The van der Waals surface area contributed by atoms with Gasteiger partial charge >= 0.3 is 0 Å². The lowest BCUT2D eigenvalue weighted by Gasteiger charge is -2.18. The van der Waals surface area contributed by atoms with E-state index in [0.29, 0.717) is 12.4 Å². The summed E-state index contributed by atoms with van der Waals surface area (Å²) in [5, 5.41) is 0. The van der Waals surface area contributed by atoms with Gasteiger partial charge < -0.3 is 10.6 Å². The van der Waals surface area contributed by atoms with E-state index in [1.807, 2.05) is 6.07 Å². The molecule has 5 heteroatoms. The van der Waals surface area contributed by atoms with E-state index in [1.165, 1.54) is 0 Å². The normalized spacial score (nSPS) is 25.9. The van der Waals surface area contributed by atoms with E-state index < -0.39 is 12.3 Å². The molecule has 1 aliphatic rings. The quantitative estimate of drug-likeness (QED) is 0.798. The highest BCUT2D eigenvalue weighted by atomic mass is 19.2. The van der Waals surface area contributed by atoms with Crippen molar-refractivity contribution in [1.82, 2.24) is 4.98 Å². The van der Waals surface area contributed by atoms with Crippen molar-refractivity contribution in [3.05, 3.63) is 23.9 Å². The Labute approximate surface area is 86.9 Å². The van der Waals surface area contributed by atoms with Gasteiger partial charge in [0.1, 0.15) is 5.82 Å². The van der Waals surface area contributed by atoms with Gasteiger partial charge in [0.05, 0.1) is 13.1 Å². The summed E-state index contributed by atoms with van der Waals surface area (Å²) in [5.41, 5.74) is 6.35. The van der Waals surface area contributed by atoms with E-state index in [9.17, 15) is 8.78 Å². The second-order valence-electron chi connectivity index (χ2n) is 3.63. The molecule has 1 aliphatic heterocycles. The minimum atomic E-state index is -1.42. The van der Waals surface area contributed by atoms with Crippen LogP contribution in [0.5, 0.6) is 0 Å². The highest BCUT2D eigenvalue weighted by molar-refractivity contribution is 5.48. The first-order valence-corrected chi connectivity index (χ1v) is 4.89. The average molecular weight is 213 g/mol.